The lowest BCUT2D eigenvalue weighted by Gasteiger charge is -2.32. The number of carbonyl (C=O) groups excluding carboxylic acids is 1. The summed E-state index contributed by atoms with van der Waals surface area (Å²) in [6.07, 6.45) is 11.5. The second kappa shape index (κ2) is 10.9. The average Bonchev–Trinajstić information content (AvgIpc) is 2.96. The van der Waals surface area contributed by atoms with E-state index >= 15 is 0 Å². The fraction of sp³-hybridized carbons (Fsp3) is 0.375. The predicted octanol–water partition coefficient (Wildman–Crippen LogP) is 6.52. The van der Waals surface area contributed by atoms with Gasteiger partial charge in [-0.15, -0.1) is 0 Å². The van der Waals surface area contributed by atoms with Crippen molar-refractivity contribution >= 4 is 16.7 Å². The smallest absolute Gasteiger partial charge is 0.163 e. The number of Topliss-reactive ketones (excluding diaryl/α,β-unsaturated/α-hetero) is 1. The van der Waals surface area contributed by atoms with Crippen LogP contribution >= 0.6 is 0 Å². The zero-order valence-electron chi connectivity index (χ0n) is 21.4. The van der Waals surface area contributed by atoms with Gasteiger partial charge in [0.1, 0.15) is 0 Å². The fourth-order valence-corrected chi connectivity index (χ4v) is 6.08. The number of aromatic nitrogens is 3. The summed E-state index contributed by atoms with van der Waals surface area (Å²) in [5.41, 5.74) is 5.29. The molecule has 0 bridgehead atoms. The lowest BCUT2D eigenvalue weighted by Crippen LogP contribution is -2.33. The molecule has 0 radical (unpaired) electrons. The molecule has 1 fully saturated rings. The van der Waals surface area contributed by atoms with E-state index < -0.39 is 0 Å². The molecule has 1 aliphatic heterocycles. The van der Waals surface area contributed by atoms with Crippen molar-refractivity contribution in [3.8, 4) is 11.4 Å². The average molecular weight is 491 g/mol. The molecular weight excluding hydrogens is 456 g/mol. The number of pyridine rings is 1. The van der Waals surface area contributed by atoms with Crippen molar-refractivity contribution in [1.82, 2.24) is 19.9 Å². The Morgan fingerprint density at radius 2 is 1.73 bits per heavy atom. The predicted molar refractivity (Wildman–Crippen MR) is 147 cm³/mol. The first-order chi connectivity index (χ1) is 18.2. The van der Waals surface area contributed by atoms with Gasteiger partial charge in [0, 0.05) is 48.4 Å². The van der Waals surface area contributed by atoms with Crippen LogP contribution in [0.3, 0.4) is 0 Å². The Hall–Kier alpha value is -3.44. The second-order valence-electron chi connectivity index (χ2n) is 10.7. The van der Waals surface area contributed by atoms with E-state index in [9.17, 15) is 4.79 Å². The third-order valence-electron chi connectivity index (χ3n) is 8.30. The number of hydrogen-bond donors (Lipinski definition) is 0. The maximum Gasteiger partial charge on any atom is 0.163 e. The molecule has 4 aromatic rings. The molecule has 1 aliphatic carbocycles. The number of carbonyl (C=O) groups is 1. The zero-order chi connectivity index (χ0) is 25.0. The molecule has 6 rings (SSSR count). The molecule has 5 nitrogen and oxygen atoms in total. The summed E-state index contributed by atoms with van der Waals surface area (Å²) in [6, 6.07) is 20.1. The van der Waals surface area contributed by atoms with Crippen LogP contribution in [0.25, 0.3) is 22.3 Å². The van der Waals surface area contributed by atoms with Gasteiger partial charge in [0.25, 0.3) is 0 Å². The number of rotatable bonds is 7. The molecular formula is C32H34N4O. The highest BCUT2D eigenvalue weighted by atomic mass is 16.1. The van der Waals surface area contributed by atoms with Crippen molar-refractivity contribution in [2.45, 2.75) is 51.5 Å². The van der Waals surface area contributed by atoms with E-state index in [4.69, 9.17) is 4.98 Å². The van der Waals surface area contributed by atoms with E-state index in [0.29, 0.717) is 12.3 Å². The molecule has 3 heterocycles. The van der Waals surface area contributed by atoms with Crippen LogP contribution < -0.4 is 0 Å². The van der Waals surface area contributed by atoms with Gasteiger partial charge in [0.15, 0.2) is 11.6 Å². The van der Waals surface area contributed by atoms with Crippen molar-refractivity contribution in [3.63, 3.8) is 0 Å². The first-order valence-corrected chi connectivity index (χ1v) is 13.7. The van der Waals surface area contributed by atoms with E-state index in [1.165, 1.54) is 30.5 Å². The number of hydrogen-bond acceptors (Lipinski definition) is 5. The quantitative estimate of drug-likeness (QED) is 0.276. The molecule has 188 valence electrons. The van der Waals surface area contributed by atoms with Crippen molar-refractivity contribution < 1.29 is 4.79 Å². The van der Waals surface area contributed by atoms with Gasteiger partial charge in [-0.05, 0) is 61.8 Å². The van der Waals surface area contributed by atoms with Crippen LogP contribution in [-0.2, 0) is 13.0 Å². The Kier molecular flexibility index (Phi) is 7.05. The first kappa shape index (κ1) is 23.9. The molecule has 2 aromatic carbocycles. The van der Waals surface area contributed by atoms with Crippen LogP contribution in [0.4, 0.5) is 0 Å². The van der Waals surface area contributed by atoms with Gasteiger partial charge in [0.05, 0.1) is 11.2 Å². The third kappa shape index (κ3) is 5.47. The summed E-state index contributed by atoms with van der Waals surface area (Å²) in [5, 5.41) is 0.980. The topological polar surface area (TPSA) is 59.0 Å². The van der Waals surface area contributed by atoms with Crippen molar-refractivity contribution in [2.24, 2.45) is 11.8 Å². The monoisotopic (exact) mass is 490 g/mol. The largest absolute Gasteiger partial charge is 0.297 e. The van der Waals surface area contributed by atoms with Crippen LogP contribution in [0.2, 0.25) is 0 Å². The van der Waals surface area contributed by atoms with Gasteiger partial charge in [0.2, 0.25) is 0 Å². The summed E-state index contributed by atoms with van der Waals surface area (Å²) in [7, 11) is 0. The van der Waals surface area contributed by atoms with Gasteiger partial charge in [-0.25, -0.2) is 9.97 Å². The molecule has 37 heavy (non-hydrogen) atoms. The third-order valence-corrected chi connectivity index (χ3v) is 8.30. The van der Waals surface area contributed by atoms with E-state index in [1.807, 2.05) is 54.7 Å². The lowest BCUT2D eigenvalue weighted by atomic mass is 9.78. The maximum atomic E-state index is 13.1. The van der Waals surface area contributed by atoms with Gasteiger partial charge in [-0.3, -0.25) is 14.7 Å². The molecule has 0 spiro atoms. The normalized spacial score (nSPS) is 20.0. The number of fused-ring (bicyclic) bond motifs is 2. The molecule has 0 unspecified atom stereocenters. The standard InChI is InChI=1S/C32H34N4O/c37-31(28-8-4-10-29-27(28)9-5-17-33-29)20-24-13-11-23(12-14-24)15-18-36-19-16-26-21-34-32(35-30(26)22-36)25-6-2-1-3-7-25/h1-10,17,21,23-24H,11-16,18-20,22H2. The van der Waals surface area contributed by atoms with E-state index in [2.05, 4.69) is 27.0 Å². The first-order valence-electron chi connectivity index (χ1n) is 13.7. The Bertz CT molecular complexity index is 1370. The van der Waals surface area contributed by atoms with Crippen molar-refractivity contribution in [1.29, 1.82) is 0 Å². The van der Waals surface area contributed by atoms with E-state index in [1.54, 1.807) is 6.20 Å². The van der Waals surface area contributed by atoms with E-state index in [0.717, 1.165) is 72.7 Å². The Balaban J connectivity index is 0.993. The van der Waals surface area contributed by atoms with E-state index in [-0.39, 0.29) is 5.78 Å². The molecule has 1 saturated carbocycles. The molecule has 0 saturated heterocycles. The lowest BCUT2D eigenvalue weighted by molar-refractivity contribution is 0.0941. The number of benzene rings is 2. The van der Waals surface area contributed by atoms with Crippen LogP contribution in [0.15, 0.2) is 73.1 Å². The zero-order valence-corrected chi connectivity index (χ0v) is 21.4. The second-order valence-corrected chi connectivity index (χ2v) is 10.7. The minimum Gasteiger partial charge on any atom is -0.297 e. The Morgan fingerprint density at radius 1 is 0.892 bits per heavy atom. The Morgan fingerprint density at radius 3 is 2.59 bits per heavy atom. The van der Waals surface area contributed by atoms with Crippen LogP contribution in [-0.4, -0.2) is 38.7 Å². The molecule has 5 heteroatoms. The highest BCUT2D eigenvalue weighted by Gasteiger charge is 2.25. The summed E-state index contributed by atoms with van der Waals surface area (Å²) >= 11 is 0. The van der Waals surface area contributed by atoms with Crippen LogP contribution in [0, 0.1) is 11.8 Å². The Labute approximate surface area is 219 Å². The number of nitrogens with zero attached hydrogens (tertiary/aromatic N) is 4. The van der Waals surface area contributed by atoms with Crippen LogP contribution in [0.5, 0.6) is 0 Å². The molecule has 0 N–H and O–H groups in total. The molecule has 2 aliphatic rings. The van der Waals surface area contributed by atoms with Gasteiger partial charge < -0.3 is 0 Å². The summed E-state index contributed by atoms with van der Waals surface area (Å²) in [6.45, 7) is 3.13. The fourth-order valence-electron chi connectivity index (χ4n) is 6.08. The van der Waals surface area contributed by atoms with Gasteiger partial charge in [-0.2, -0.15) is 0 Å². The highest BCUT2D eigenvalue weighted by Crippen LogP contribution is 2.34. The van der Waals surface area contributed by atoms with Gasteiger partial charge in [-0.1, -0.05) is 61.4 Å². The van der Waals surface area contributed by atoms with Gasteiger partial charge >= 0.3 is 0 Å². The summed E-state index contributed by atoms with van der Waals surface area (Å²) < 4.78 is 0. The summed E-state index contributed by atoms with van der Waals surface area (Å²) in [4.78, 5) is 29.6. The molecule has 0 amide bonds. The van der Waals surface area contributed by atoms with Crippen molar-refractivity contribution in [3.05, 3.63) is 89.9 Å². The minimum absolute atomic E-state index is 0.269. The maximum absolute atomic E-state index is 13.1. The molecule has 0 atom stereocenters. The van der Waals surface area contributed by atoms with Crippen molar-refractivity contribution in [2.75, 3.05) is 13.1 Å². The molecule has 2 aromatic heterocycles. The minimum atomic E-state index is 0.269. The SMILES string of the molecule is O=C(CC1CCC(CCN2CCc3cnc(-c4ccccc4)nc3C2)CC1)c1cccc2ncccc12. The number of ketones is 1. The summed E-state index contributed by atoms with van der Waals surface area (Å²) in [5.74, 6) is 2.37. The highest BCUT2D eigenvalue weighted by molar-refractivity contribution is 6.07. The van der Waals surface area contributed by atoms with Crippen LogP contribution in [0.1, 0.15) is 60.1 Å².